The molecule has 1 aromatic heterocycles. The minimum Gasteiger partial charge on any atom is -0.353 e. The molecule has 0 saturated carbocycles. The molecule has 0 atom stereocenters. The van der Waals surface area contributed by atoms with Crippen molar-refractivity contribution < 1.29 is 4.79 Å². The zero-order valence-corrected chi connectivity index (χ0v) is 20.1. The number of nitrogens with one attached hydrogen (secondary N) is 1. The molecule has 1 fully saturated rings. The third-order valence-electron chi connectivity index (χ3n) is 6.23. The molecule has 0 radical (unpaired) electrons. The SMILES string of the molecule is CCc1nc(C)nc(N2CCN(C(=O)Nc3ccc(C)cc3C)CC2)c1Cc1ccccc1. The van der Waals surface area contributed by atoms with Gasteiger partial charge in [0.15, 0.2) is 0 Å². The number of aryl methyl sites for hydroxylation is 4. The summed E-state index contributed by atoms with van der Waals surface area (Å²) in [6, 6.07) is 16.5. The Morgan fingerprint density at radius 1 is 0.970 bits per heavy atom. The second-order valence-electron chi connectivity index (χ2n) is 8.76. The third-order valence-corrected chi connectivity index (χ3v) is 6.23. The second-order valence-corrected chi connectivity index (χ2v) is 8.76. The molecule has 0 aliphatic carbocycles. The number of carbonyl (C=O) groups excluding carboxylic acids is 1. The van der Waals surface area contributed by atoms with Gasteiger partial charge in [0.2, 0.25) is 0 Å². The number of piperazine rings is 1. The van der Waals surface area contributed by atoms with Crippen molar-refractivity contribution in [2.75, 3.05) is 36.4 Å². The van der Waals surface area contributed by atoms with Gasteiger partial charge in [0.25, 0.3) is 0 Å². The number of aromatic nitrogens is 2. The van der Waals surface area contributed by atoms with Crippen LogP contribution >= 0.6 is 0 Å². The van der Waals surface area contributed by atoms with Crippen LogP contribution in [0.2, 0.25) is 0 Å². The molecule has 6 nitrogen and oxygen atoms in total. The van der Waals surface area contributed by atoms with Gasteiger partial charge in [-0.05, 0) is 44.4 Å². The van der Waals surface area contributed by atoms with Gasteiger partial charge in [-0.2, -0.15) is 0 Å². The highest BCUT2D eigenvalue weighted by Gasteiger charge is 2.25. The van der Waals surface area contributed by atoms with Crippen molar-refractivity contribution in [2.45, 2.75) is 40.5 Å². The smallest absolute Gasteiger partial charge is 0.321 e. The maximum absolute atomic E-state index is 12.9. The van der Waals surface area contributed by atoms with Crippen LogP contribution < -0.4 is 10.2 Å². The molecule has 1 N–H and O–H groups in total. The first-order valence-electron chi connectivity index (χ1n) is 11.7. The van der Waals surface area contributed by atoms with Gasteiger partial charge in [-0.1, -0.05) is 55.0 Å². The molecule has 0 spiro atoms. The molecule has 172 valence electrons. The van der Waals surface area contributed by atoms with Gasteiger partial charge >= 0.3 is 6.03 Å². The lowest BCUT2D eigenvalue weighted by atomic mass is 10.0. The summed E-state index contributed by atoms with van der Waals surface area (Å²) in [6.45, 7) is 11.0. The Bertz CT molecular complexity index is 1120. The van der Waals surface area contributed by atoms with Crippen LogP contribution in [0.1, 0.15) is 40.7 Å². The number of anilines is 2. The van der Waals surface area contributed by atoms with Crippen molar-refractivity contribution in [3.8, 4) is 0 Å². The van der Waals surface area contributed by atoms with Gasteiger partial charge in [0, 0.05) is 49.5 Å². The van der Waals surface area contributed by atoms with Gasteiger partial charge in [-0.3, -0.25) is 0 Å². The normalized spacial score (nSPS) is 13.8. The van der Waals surface area contributed by atoms with Crippen LogP contribution in [-0.4, -0.2) is 47.1 Å². The van der Waals surface area contributed by atoms with Crippen molar-refractivity contribution in [1.82, 2.24) is 14.9 Å². The summed E-state index contributed by atoms with van der Waals surface area (Å²) in [5.41, 5.74) is 6.71. The summed E-state index contributed by atoms with van der Waals surface area (Å²) in [7, 11) is 0. The van der Waals surface area contributed by atoms with Crippen LogP contribution in [0.3, 0.4) is 0 Å². The predicted octanol–water partition coefficient (Wildman–Crippen LogP) is 4.91. The van der Waals surface area contributed by atoms with Crippen molar-refractivity contribution in [2.24, 2.45) is 0 Å². The predicted molar refractivity (Wildman–Crippen MR) is 134 cm³/mol. The molecule has 4 rings (SSSR count). The fourth-order valence-corrected chi connectivity index (χ4v) is 4.44. The maximum atomic E-state index is 12.9. The summed E-state index contributed by atoms with van der Waals surface area (Å²) >= 11 is 0. The molecule has 6 heteroatoms. The topological polar surface area (TPSA) is 61.4 Å². The highest BCUT2D eigenvalue weighted by molar-refractivity contribution is 5.90. The van der Waals surface area contributed by atoms with Gasteiger partial charge in [0.1, 0.15) is 11.6 Å². The summed E-state index contributed by atoms with van der Waals surface area (Å²) in [5.74, 6) is 1.81. The van der Waals surface area contributed by atoms with E-state index in [1.54, 1.807) is 0 Å². The summed E-state index contributed by atoms with van der Waals surface area (Å²) in [4.78, 5) is 26.7. The Kier molecular flexibility index (Phi) is 6.92. The lowest BCUT2D eigenvalue weighted by Gasteiger charge is -2.36. The second kappa shape index (κ2) is 10.0. The fourth-order valence-electron chi connectivity index (χ4n) is 4.44. The standard InChI is InChI=1S/C27H33N5O/c1-5-24-23(18-22-9-7-6-8-10-22)26(29-21(4)28-24)31-13-15-32(16-14-31)27(33)30-25-12-11-19(2)17-20(25)3/h6-12,17H,5,13-16,18H2,1-4H3,(H,30,33). The van der Waals surface area contributed by atoms with E-state index in [1.165, 1.54) is 16.7 Å². The molecular weight excluding hydrogens is 410 g/mol. The summed E-state index contributed by atoms with van der Waals surface area (Å²) in [5, 5.41) is 3.08. The molecule has 2 amide bonds. The quantitative estimate of drug-likeness (QED) is 0.609. The van der Waals surface area contributed by atoms with Crippen LogP contribution in [0.25, 0.3) is 0 Å². The average Bonchev–Trinajstić information content (AvgIpc) is 2.82. The Labute approximate surface area is 196 Å². The number of rotatable bonds is 5. The van der Waals surface area contributed by atoms with Crippen molar-refractivity contribution in [3.05, 3.63) is 82.3 Å². The van der Waals surface area contributed by atoms with E-state index in [1.807, 2.05) is 36.9 Å². The van der Waals surface area contributed by atoms with Crippen molar-refractivity contribution in [1.29, 1.82) is 0 Å². The molecule has 0 unspecified atom stereocenters. The fraction of sp³-hybridized carbons (Fsp3) is 0.370. The first-order chi connectivity index (χ1) is 15.9. The zero-order chi connectivity index (χ0) is 23.4. The van der Waals surface area contributed by atoms with Gasteiger partial charge in [0.05, 0.1) is 0 Å². The highest BCUT2D eigenvalue weighted by atomic mass is 16.2. The van der Waals surface area contributed by atoms with E-state index < -0.39 is 0 Å². The van der Waals surface area contributed by atoms with Gasteiger partial charge in [-0.25, -0.2) is 14.8 Å². The maximum Gasteiger partial charge on any atom is 0.321 e. The van der Waals surface area contributed by atoms with Crippen LogP contribution in [0.4, 0.5) is 16.3 Å². The van der Waals surface area contributed by atoms with Crippen LogP contribution in [0, 0.1) is 20.8 Å². The number of urea groups is 1. The van der Waals surface area contributed by atoms with E-state index in [4.69, 9.17) is 9.97 Å². The van der Waals surface area contributed by atoms with Crippen LogP contribution in [0.15, 0.2) is 48.5 Å². The van der Waals surface area contributed by atoms with E-state index >= 15 is 0 Å². The van der Waals surface area contributed by atoms with E-state index in [-0.39, 0.29) is 6.03 Å². The molecule has 33 heavy (non-hydrogen) atoms. The average molecular weight is 444 g/mol. The molecule has 2 aromatic carbocycles. The number of amides is 2. The number of nitrogens with zero attached hydrogens (tertiary/aromatic N) is 4. The monoisotopic (exact) mass is 443 g/mol. The Hall–Kier alpha value is -3.41. The molecular formula is C27H33N5O. The molecule has 1 saturated heterocycles. The lowest BCUT2D eigenvalue weighted by Crippen LogP contribution is -2.50. The minimum atomic E-state index is -0.0424. The van der Waals surface area contributed by atoms with E-state index in [9.17, 15) is 4.79 Å². The van der Waals surface area contributed by atoms with E-state index in [2.05, 4.69) is 54.4 Å². The van der Waals surface area contributed by atoms with Crippen molar-refractivity contribution in [3.63, 3.8) is 0 Å². The van der Waals surface area contributed by atoms with Gasteiger partial charge < -0.3 is 15.1 Å². The number of hydrogen-bond donors (Lipinski definition) is 1. The zero-order valence-electron chi connectivity index (χ0n) is 20.1. The number of benzene rings is 2. The number of carbonyl (C=O) groups is 1. The minimum absolute atomic E-state index is 0.0424. The Morgan fingerprint density at radius 3 is 2.36 bits per heavy atom. The Balaban J connectivity index is 1.49. The summed E-state index contributed by atoms with van der Waals surface area (Å²) in [6.07, 6.45) is 1.68. The van der Waals surface area contributed by atoms with Gasteiger partial charge in [-0.15, -0.1) is 0 Å². The van der Waals surface area contributed by atoms with Crippen molar-refractivity contribution >= 4 is 17.5 Å². The third kappa shape index (κ3) is 5.33. The van der Waals surface area contributed by atoms with E-state index in [0.717, 1.165) is 54.5 Å². The molecule has 2 heterocycles. The van der Waals surface area contributed by atoms with Crippen LogP contribution in [-0.2, 0) is 12.8 Å². The molecule has 0 bridgehead atoms. The number of hydrogen-bond acceptors (Lipinski definition) is 4. The molecule has 1 aliphatic rings. The Morgan fingerprint density at radius 2 is 1.70 bits per heavy atom. The molecule has 1 aliphatic heterocycles. The van der Waals surface area contributed by atoms with E-state index in [0.29, 0.717) is 13.1 Å². The first-order valence-corrected chi connectivity index (χ1v) is 11.7. The highest BCUT2D eigenvalue weighted by Crippen LogP contribution is 2.26. The first kappa shape index (κ1) is 22.8. The van der Waals surface area contributed by atoms with Crippen LogP contribution in [0.5, 0.6) is 0 Å². The lowest BCUT2D eigenvalue weighted by molar-refractivity contribution is 0.208. The molecule has 3 aromatic rings. The largest absolute Gasteiger partial charge is 0.353 e. The summed E-state index contributed by atoms with van der Waals surface area (Å²) < 4.78 is 0.